The minimum atomic E-state index is -1.16. The summed E-state index contributed by atoms with van der Waals surface area (Å²) in [6.07, 6.45) is 2.58. The first-order valence-electron chi connectivity index (χ1n) is 9.72. The molecular formula is C21H26N4O4. The van der Waals surface area contributed by atoms with Gasteiger partial charge in [-0.3, -0.25) is 9.59 Å². The number of carbonyl (C=O) groups excluding carboxylic acids is 1. The number of nitrogens with one attached hydrogen (secondary N) is 1. The van der Waals surface area contributed by atoms with Crippen molar-refractivity contribution in [1.29, 1.82) is 0 Å². The van der Waals surface area contributed by atoms with E-state index >= 15 is 0 Å². The lowest BCUT2D eigenvalue weighted by Crippen LogP contribution is -2.35. The summed E-state index contributed by atoms with van der Waals surface area (Å²) in [5, 5.41) is 21.1. The molecule has 0 spiro atoms. The number of benzene rings is 1. The third-order valence-corrected chi connectivity index (χ3v) is 5.26. The van der Waals surface area contributed by atoms with E-state index in [4.69, 9.17) is 5.11 Å². The number of anilines is 1. The highest BCUT2D eigenvalue weighted by Gasteiger charge is 2.24. The number of aromatic nitrogens is 2. The summed E-state index contributed by atoms with van der Waals surface area (Å²) in [4.78, 5) is 33.8. The van der Waals surface area contributed by atoms with E-state index in [2.05, 4.69) is 45.3 Å². The molecule has 1 aromatic carbocycles. The second-order valence-corrected chi connectivity index (χ2v) is 7.42. The Hall–Kier alpha value is -3.16. The fourth-order valence-electron chi connectivity index (χ4n) is 3.67. The second kappa shape index (κ2) is 8.89. The Morgan fingerprint density at radius 2 is 1.86 bits per heavy atom. The molecule has 0 unspecified atom stereocenters. The number of hydrogen-bond donors (Lipinski definition) is 3. The average molecular weight is 398 g/mol. The average Bonchev–Trinajstić information content (AvgIpc) is 2.70. The molecule has 3 rings (SSSR count). The maximum Gasteiger partial charge on any atom is 0.322 e. The topological polar surface area (TPSA) is 116 Å². The lowest BCUT2D eigenvalue weighted by Gasteiger charge is -2.34. The SMILES string of the molecule is Cc1ccccc1N1CCC(Cc2nc(C)c(O)c(C(=O)NCC(=O)O)n2)CC1. The van der Waals surface area contributed by atoms with Crippen LogP contribution in [0.1, 0.15) is 40.4 Å². The summed E-state index contributed by atoms with van der Waals surface area (Å²) in [5.41, 5.74) is 2.67. The van der Waals surface area contributed by atoms with Crippen LogP contribution in [0.5, 0.6) is 5.75 Å². The van der Waals surface area contributed by atoms with Crippen LogP contribution in [0.2, 0.25) is 0 Å². The van der Waals surface area contributed by atoms with Crippen molar-refractivity contribution in [1.82, 2.24) is 15.3 Å². The van der Waals surface area contributed by atoms with Gasteiger partial charge in [-0.05, 0) is 44.2 Å². The van der Waals surface area contributed by atoms with Crippen LogP contribution < -0.4 is 10.2 Å². The van der Waals surface area contributed by atoms with Gasteiger partial charge in [0.25, 0.3) is 5.91 Å². The highest BCUT2D eigenvalue weighted by molar-refractivity contribution is 5.96. The largest absolute Gasteiger partial charge is 0.504 e. The second-order valence-electron chi connectivity index (χ2n) is 7.42. The predicted octanol–water partition coefficient (Wildman–Crippen LogP) is 2.07. The van der Waals surface area contributed by atoms with Gasteiger partial charge in [0.2, 0.25) is 0 Å². The Morgan fingerprint density at radius 1 is 1.17 bits per heavy atom. The molecule has 2 heterocycles. The number of aryl methyl sites for hydroxylation is 2. The van der Waals surface area contributed by atoms with Gasteiger partial charge in [0.05, 0.1) is 5.69 Å². The number of carbonyl (C=O) groups is 2. The van der Waals surface area contributed by atoms with Crippen molar-refractivity contribution in [3.8, 4) is 5.75 Å². The molecule has 154 valence electrons. The maximum absolute atomic E-state index is 12.2. The minimum Gasteiger partial charge on any atom is -0.504 e. The van der Waals surface area contributed by atoms with Crippen LogP contribution in [0.15, 0.2) is 24.3 Å². The number of aliphatic carboxylic acids is 1. The number of nitrogens with zero attached hydrogens (tertiary/aromatic N) is 3. The Kier molecular flexibility index (Phi) is 6.31. The van der Waals surface area contributed by atoms with Gasteiger partial charge in [0, 0.05) is 25.2 Å². The van der Waals surface area contributed by atoms with Gasteiger partial charge < -0.3 is 20.4 Å². The third kappa shape index (κ3) is 5.01. The van der Waals surface area contributed by atoms with E-state index in [1.807, 2.05) is 6.07 Å². The molecular weight excluding hydrogens is 372 g/mol. The summed E-state index contributed by atoms with van der Waals surface area (Å²) in [6, 6.07) is 8.36. The smallest absolute Gasteiger partial charge is 0.322 e. The van der Waals surface area contributed by atoms with Crippen LogP contribution in [0.25, 0.3) is 0 Å². The number of carboxylic acids is 1. The standard InChI is InChI=1S/C21H26N4O4/c1-13-5-3-4-6-16(13)25-9-7-15(8-10-25)11-17-23-14(2)20(28)19(24-17)21(29)22-12-18(26)27/h3-6,15,28H,7-12H2,1-2H3,(H,22,29)(H,26,27). The van der Waals surface area contributed by atoms with Crippen LogP contribution in [0, 0.1) is 19.8 Å². The zero-order chi connectivity index (χ0) is 21.0. The lowest BCUT2D eigenvalue weighted by atomic mass is 9.92. The van der Waals surface area contributed by atoms with Gasteiger partial charge in [-0.25, -0.2) is 9.97 Å². The number of rotatable bonds is 6. The molecule has 0 radical (unpaired) electrons. The molecule has 0 bridgehead atoms. The number of para-hydroxylation sites is 1. The Morgan fingerprint density at radius 3 is 2.52 bits per heavy atom. The van der Waals surface area contributed by atoms with Crippen molar-refractivity contribution in [2.45, 2.75) is 33.1 Å². The van der Waals surface area contributed by atoms with Crippen molar-refractivity contribution in [2.75, 3.05) is 24.5 Å². The molecule has 1 saturated heterocycles. The van der Waals surface area contributed by atoms with Gasteiger partial charge in [-0.15, -0.1) is 0 Å². The maximum atomic E-state index is 12.2. The Labute approximate surface area is 169 Å². The van der Waals surface area contributed by atoms with Gasteiger partial charge in [0.1, 0.15) is 12.4 Å². The minimum absolute atomic E-state index is 0.175. The first kappa shape index (κ1) is 20.6. The molecule has 29 heavy (non-hydrogen) atoms. The number of piperidine rings is 1. The van der Waals surface area contributed by atoms with E-state index in [-0.39, 0.29) is 11.4 Å². The predicted molar refractivity (Wildman–Crippen MR) is 108 cm³/mol. The van der Waals surface area contributed by atoms with Crippen LogP contribution in [-0.4, -0.2) is 51.7 Å². The van der Waals surface area contributed by atoms with Gasteiger partial charge in [0.15, 0.2) is 11.4 Å². The molecule has 1 fully saturated rings. The van der Waals surface area contributed by atoms with E-state index in [9.17, 15) is 14.7 Å². The molecule has 8 heteroatoms. The number of aromatic hydroxyl groups is 1. The van der Waals surface area contributed by atoms with Crippen molar-refractivity contribution < 1.29 is 19.8 Å². The highest BCUT2D eigenvalue weighted by atomic mass is 16.4. The molecule has 0 saturated carbocycles. The number of carboxylic acid groups (broad SMARTS) is 1. The van der Waals surface area contributed by atoms with E-state index in [1.165, 1.54) is 11.3 Å². The molecule has 1 aliphatic rings. The van der Waals surface area contributed by atoms with Crippen LogP contribution >= 0.6 is 0 Å². The number of hydrogen-bond acceptors (Lipinski definition) is 6. The summed E-state index contributed by atoms with van der Waals surface area (Å²) in [7, 11) is 0. The zero-order valence-corrected chi connectivity index (χ0v) is 16.7. The summed E-state index contributed by atoms with van der Waals surface area (Å²) in [5.74, 6) is -1.31. The quantitative estimate of drug-likeness (QED) is 0.682. The lowest BCUT2D eigenvalue weighted by molar-refractivity contribution is -0.135. The Bertz CT molecular complexity index is 908. The van der Waals surface area contributed by atoms with Gasteiger partial charge in [-0.1, -0.05) is 18.2 Å². The molecule has 8 nitrogen and oxygen atoms in total. The van der Waals surface area contributed by atoms with Crippen molar-refractivity contribution in [2.24, 2.45) is 5.92 Å². The molecule has 1 amide bonds. The fraction of sp³-hybridized carbons (Fsp3) is 0.429. The highest BCUT2D eigenvalue weighted by Crippen LogP contribution is 2.28. The van der Waals surface area contributed by atoms with Crippen LogP contribution in [0.4, 0.5) is 5.69 Å². The van der Waals surface area contributed by atoms with Gasteiger partial charge >= 0.3 is 5.97 Å². The third-order valence-electron chi connectivity index (χ3n) is 5.26. The summed E-state index contributed by atoms with van der Waals surface area (Å²) >= 11 is 0. The van der Waals surface area contributed by atoms with E-state index < -0.39 is 18.4 Å². The van der Waals surface area contributed by atoms with Crippen molar-refractivity contribution in [3.63, 3.8) is 0 Å². The molecule has 3 N–H and O–H groups in total. The molecule has 2 aromatic rings. The molecule has 0 aliphatic carbocycles. The molecule has 1 aromatic heterocycles. The summed E-state index contributed by atoms with van der Waals surface area (Å²) in [6.45, 7) is 5.08. The molecule has 0 atom stereocenters. The monoisotopic (exact) mass is 398 g/mol. The fourth-order valence-corrected chi connectivity index (χ4v) is 3.67. The number of amides is 1. The normalized spacial score (nSPS) is 14.6. The van der Waals surface area contributed by atoms with Crippen molar-refractivity contribution >= 4 is 17.6 Å². The Balaban J connectivity index is 1.66. The van der Waals surface area contributed by atoms with E-state index in [0.29, 0.717) is 23.9 Å². The van der Waals surface area contributed by atoms with Crippen molar-refractivity contribution in [3.05, 3.63) is 47.0 Å². The van der Waals surface area contributed by atoms with Crippen LogP contribution in [-0.2, 0) is 11.2 Å². The van der Waals surface area contributed by atoms with E-state index in [1.54, 1.807) is 6.92 Å². The zero-order valence-electron chi connectivity index (χ0n) is 16.7. The first-order chi connectivity index (χ1) is 13.8. The first-order valence-corrected chi connectivity index (χ1v) is 9.72. The van der Waals surface area contributed by atoms with Crippen LogP contribution in [0.3, 0.4) is 0 Å². The summed E-state index contributed by atoms with van der Waals surface area (Å²) < 4.78 is 0. The molecule has 1 aliphatic heterocycles. The van der Waals surface area contributed by atoms with E-state index in [0.717, 1.165) is 25.9 Å². The van der Waals surface area contributed by atoms with Gasteiger partial charge in [-0.2, -0.15) is 0 Å².